The fourth-order valence-corrected chi connectivity index (χ4v) is 4.47. The lowest BCUT2D eigenvalue weighted by Gasteiger charge is -2.44. The molecule has 2 saturated heterocycles. The Labute approximate surface area is 197 Å². The lowest BCUT2D eigenvalue weighted by atomic mass is 9.79. The summed E-state index contributed by atoms with van der Waals surface area (Å²) in [5.74, 6) is 2.74. The number of ether oxygens (including phenoxy) is 6. The van der Waals surface area contributed by atoms with Gasteiger partial charge in [0, 0.05) is 10.8 Å². The van der Waals surface area contributed by atoms with E-state index in [9.17, 15) is 0 Å². The molecule has 0 aromatic heterocycles. The molecular formula is C27H36O6. The van der Waals surface area contributed by atoms with Crippen LogP contribution in [0.15, 0.2) is 36.4 Å². The first-order chi connectivity index (χ1) is 15.6. The molecule has 4 rings (SSSR count). The first kappa shape index (κ1) is 23.7. The molecule has 2 aromatic carbocycles. The maximum atomic E-state index is 6.23. The van der Waals surface area contributed by atoms with E-state index in [1.165, 1.54) is 0 Å². The van der Waals surface area contributed by atoms with Gasteiger partial charge in [0.05, 0.1) is 39.6 Å². The van der Waals surface area contributed by atoms with E-state index < -0.39 is 0 Å². The topological polar surface area (TPSA) is 55.4 Å². The summed E-state index contributed by atoms with van der Waals surface area (Å²) in [6, 6.07) is 12.0. The van der Waals surface area contributed by atoms with Gasteiger partial charge in [0.25, 0.3) is 0 Å². The van der Waals surface area contributed by atoms with Crippen molar-refractivity contribution in [2.75, 3.05) is 34.0 Å². The number of methoxy groups -OCH3 is 2. The van der Waals surface area contributed by atoms with Crippen LogP contribution in [0.4, 0.5) is 0 Å². The number of rotatable bonds is 9. The standard InChI is InChI=1S/C27H36O6/c1-17(33-23-13-19(9-11-21(23)29-7)25-27(4,5)16-32-25)14-30-22-12-18(8-10-20(22)28-6)24-26(2,3)15-31-24/h8-13,17,24-25H,14-16H2,1-7H3. The van der Waals surface area contributed by atoms with Crippen LogP contribution in [0.5, 0.6) is 23.0 Å². The van der Waals surface area contributed by atoms with Gasteiger partial charge in [0.1, 0.15) is 12.7 Å². The Bertz CT molecular complexity index is 983. The van der Waals surface area contributed by atoms with Crippen molar-refractivity contribution in [3.8, 4) is 23.0 Å². The van der Waals surface area contributed by atoms with Crippen molar-refractivity contribution in [3.63, 3.8) is 0 Å². The molecule has 180 valence electrons. The first-order valence-electron chi connectivity index (χ1n) is 11.5. The normalized spacial score (nSPS) is 23.6. The predicted molar refractivity (Wildman–Crippen MR) is 127 cm³/mol. The molecule has 0 spiro atoms. The van der Waals surface area contributed by atoms with Crippen molar-refractivity contribution >= 4 is 0 Å². The Kier molecular flexibility index (Phi) is 6.52. The monoisotopic (exact) mass is 456 g/mol. The third-order valence-electron chi connectivity index (χ3n) is 6.45. The SMILES string of the molecule is COc1ccc(C2OCC2(C)C)cc1OCC(C)Oc1cc(C2OCC2(C)C)ccc1OC. The summed E-state index contributed by atoms with van der Waals surface area (Å²) in [6.07, 6.45) is -0.0964. The van der Waals surface area contributed by atoms with Crippen molar-refractivity contribution in [1.82, 2.24) is 0 Å². The molecule has 0 saturated carbocycles. The van der Waals surface area contributed by atoms with Crippen molar-refractivity contribution < 1.29 is 28.4 Å². The fraction of sp³-hybridized carbons (Fsp3) is 0.556. The van der Waals surface area contributed by atoms with Gasteiger partial charge >= 0.3 is 0 Å². The number of benzene rings is 2. The molecule has 0 aliphatic carbocycles. The predicted octanol–water partition coefficient (Wildman–Crippen LogP) is 5.75. The molecule has 2 aliphatic rings. The molecule has 2 heterocycles. The summed E-state index contributed by atoms with van der Waals surface area (Å²) in [7, 11) is 3.29. The highest BCUT2D eigenvalue weighted by molar-refractivity contribution is 5.45. The molecule has 0 radical (unpaired) electrons. The quantitative estimate of drug-likeness (QED) is 0.479. The second-order valence-electron chi connectivity index (χ2n) is 10.4. The van der Waals surface area contributed by atoms with Crippen molar-refractivity contribution in [3.05, 3.63) is 47.5 Å². The highest BCUT2D eigenvalue weighted by Crippen LogP contribution is 2.48. The third-order valence-corrected chi connectivity index (χ3v) is 6.45. The van der Waals surface area contributed by atoms with Crippen LogP contribution < -0.4 is 18.9 Å². The highest BCUT2D eigenvalue weighted by atomic mass is 16.6. The summed E-state index contributed by atoms with van der Waals surface area (Å²) in [4.78, 5) is 0. The van der Waals surface area contributed by atoms with Crippen molar-refractivity contribution in [1.29, 1.82) is 0 Å². The van der Waals surface area contributed by atoms with Gasteiger partial charge < -0.3 is 28.4 Å². The minimum Gasteiger partial charge on any atom is -0.493 e. The van der Waals surface area contributed by atoms with Gasteiger partial charge in [0.2, 0.25) is 0 Å². The first-order valence-corrected chi connectivity index (χ1v) is 11.5. The van der Waals surface area contributed by atoms with Gasteiger partial charge in [-0.1, -0.05) is 39.8 Å². The largest absolute Gasteiger partial charge is 0.493 e. The average molecular weight is 457 g/mol. The van der Waals surface area contributed by atoms with E-state index in [4.69, 9.17) is 28.4 Å². The zero-order valence-corrected chi connectivity index (χ0v) is 20.8. The second kappa shape index (κ2) is 9.07. The Balaban J connectivity index is 1.45. The molecule has 3 atom stereocenters. The Morgan fingerprint density at radius 2 is 1.27 bits per heavy atom. The number of hydrogen-bond donors (Lipinski definition) is 0. The van der Waals surface area contributed by atoms with Crippen LogP contribution in [0.25, 0.3) is 0 Å². The molecule has 6 nitrogen and oxygen atoms in total. The maximum Gasteiger partial charge on any atom is 0.162 e. The molecule has 2 fully saturated rings. The van der Waals surface area contributed by atoms with Gasteiger partial charge in [-0.25, -0.2) is 0 Å². The van der Waals surface area contributed by atoms with E-state index in [0.717, 1.165) is 24.3 Å². The average Bonchev–Trinajstić information content (AvgIpc) is 2.76. The third kappa shape index (κ3) is 4.78. The van der Waals surface area contributed by atoms with E-state index in [0.29, 0.717) is 29.6 Å². The molecule has 2 aromatic rings. The van der Waals surface area contributed by atoms with E-state index in [-0.39, 0.29) is 29.1 Å². The summed E-state index contributed by atoms with van der Waals surface area (Å²) in [5, 5.41) is 0. The van der Waals surface area contributed by atoms with E-state index in [1.54, 1.807) is 14.2 Å². The molecule has 0 N–H and O–H groups in total. The summed E-state index contributed by atoms with van der Waals surface area (Å²) < 4.78 is 35.0. The molecule has 33 heavy (non-hydrogen) atoms. The minimum absolute atomic E-state index is 0.0577. The molecule has 0 amide bonds. The Morgan fingerprint density at radius 1 is 0.788 bits per heavy atom. The van der Waals surface area contributed by atoms with Crippen molar-refractivity contribution in [2.24, 2.45) is 10.8 Å². The highest BCUT2D eigenvalue weighted by Gasteiger charge is 2.42. The number of hydrogen-bond acceptors (Lipinski definition) is 6. The maximum absolute atomic E-state index is 6.23. The van der Waals surface area contributed by atoms with Crippen LogP contribution in [0.3, 0.4) is 0 Å². The smallest absolute Gasteiger partial charge is 0.162 e. The van der Waals surface area contributed by atoms with Crippen LogP contribution in [0.2, 0.25) is 0 Å². The molecule has 2 aliphatic heterocycles. The fourth-order valence-electron chi connectivity index (χ4n) is 4.47. The van der Waals surface area contributed by atoms with Crippen molar-refractivity contribution in [2.45, 2.75) is 52.9 Å². The molecule has 3 unspecified atom stereocenters. The van der Waals surface area contributed by atoms with Gasteiger partial charge in [-0.2, -0.15) is 0 Å². The molecular weight excluding hydrogens is 420 g/mol. The van der Waals surface area contributed by atoms with Crippen LogP contribution in [0, 0.1) is 10.8 Å². The zero-order chi connectivity index (χ0) is 23.8. The van der Waals surface area contributed by atoms with Gasteiger partial charge in [-0.3, -0.25) is 0 Å². The van der Waals surface area contributed by atoms with Gasteiger partial charge in [-0.15, -0.1) is 0 Å². The van der Waals surface area contributed by atoms with E-state index in [1.807, 2.05) is 43.3 Å². The lowest BCUT2D eigenvalue weighted by molar-refractivity contribution is -0.172. The van der Waals surface area contributed by atoms with Crippen LogP contribution in [-0.4, -0.2) is 40.1 Å². The van der Waals surface area contributed by atoms with E-state index >= 15 is 0 Å². The molecule has 6 heteroatoms. The minimum atomic E-state index is -0.214. The summed E-state index contributed by atoms with van der Waals surface area (Å²) in [5.41, 5.74) is 2.41. The second-order valence-corrected chi connectivity index (χ2v) is 10.4. The zero-order valence-electron chi connectivity index (χ0n) is 20.8. The summed E-state index contributed by atoms with van der Waals surface area (Å²) >= 11 is 0. The molecule has 0 bridgehead atoms. The Hall–Kier alpha value is -2.44. The van der Waals surface area contributed by atoms with Crippen LogP contribution in [-0.2, 0) is 9.47 Å². The summed E-state index contributed by atoms with van der Waals surface area (Å²) in [6.45, 7) is 12.7. The van der Waals surface area contributed by atoms with Gasteiger partial charge in [-0.05, 0) is 42.3 Å². The lowest BCUT2D eigenvalue weighted by Crippen LogP contribution is -2.40. The van der Waals surface area contributed by atoms with Gasteiger partial charge in [0.15, 0.2) is 23.0 Å². The van der Waals surface area contributed by atoms with Crippen LogP contribution in [0.1, 0.15) is 58.0 Å². The Morgan fingerprint density at radius 3 is 1.70 bits per heavy atom. The van der Waals surface area contributed by atoms with E-state index in [2.05, 4.69) is 27.7 Å². The van der Waals surface area contributed by atoms with Crippen LogP contribution >= 0.6 is 0 Å².